The number of nitrogens with two attached hydrogens (primary N) is 2. The first kappa shape index (κ1) is 9.16. The summed E-state index contributed by atoms with van der Waals surface area (Å²) in [6.45, 7) is 0.00526. The van der Waals surface area contributed by atoms with Gasteiger partial charge in [0.2, 0.25) is 6.19 Å². The van der Waals surface area contributed by atoms with Gasteiger partial charge in [0.15, 0.2) is 5.75 Å². The van der Waals surface area contributed by atoms with Gasteiger partial charge in [0, 0.05) is 11.8 Å². The van der Waals surface area contributed by atoms with Gasteiger partial charge in [-0.2, -0.15) is 5.26 Å². The summed E-state index contributed by atoms with van der Waals surface area (Å²) in [5, 5.41) is 9.45. The fraction of sp³-hybridized carbons (Fsp3) is 0.125. The number of hydrogen-bond acceptors (Lipinski definition) is 5. The van der Waals surface area contributed by atoms with E-state index in [4.69, 9.17) is 21.6 Å². The highest BCUT2D eigenvalue weighted by Crippen LogP contribution is 2.14. The molecule has 0 aliphatic rings. The van der Waals surface area contributed by atoms with Crippen molar-refractivity contribution in [2.24, 2.45) is 5.73 Å². The topological polar surface area (TPSA) is 88.3 Å². The molecule has 0 radical (unpaired) electrons. The second-order valence-electron chi connectivity index (χ2n) is 2.32. The van der Waals surface area contributed by atoms with E-state index < -0.39 is 0 Å². The maximum absolute atomic E-state index is 8.50. The fourth-order valence-electron chi connectivity index (χ4n) is 0.797. The van der Waals surface area contributed by atoms with E-state index in [1.54, 1.807) is 30.5 Å². The van der Waals surface area contributed by atoms with E-state index in [-0.39, 0.29) is 6.67 Å². The van der Waals surface area contributed by atoms with E-state index in [1.807, 2.05) is 0 Å². The third-order valence-electron chi connectivity index (χ3n) is 1.35. The molecule has 5 nitrogen and oxygen atoms in total. The molecule has 4 N–H and O–H groups in total. The average Bonchev–Trinajstić information content (AvgIpc) is 2.14. The van der Waals surface area contributed by atoms with Crippen LogP contribution in [0, 0.1) is 11.5 Å². The largest absolute Gasteiger partial charge is 0.399 e. The van der Waals surface area contributed by atoms with Crippen molar-refractivity contribution in [1.82, 2.24) is 5.06 Å². The standard InChI is InChI=1S/C8H10N4O/c9-5-12(6-10)13-8-3-1-2-7(11)4-8/h1-4H,5,9,11H2. The quantitative estimate of drug-likeness (QED) is 0.228. The van der Waals surface area contributed by atoms with Gasteiger partial charge in [0.05, 0.1) is 0 Å². The van der Waals surface area contributed by atoms with Crippen molar-refractivity contribution in [3.63, 3.8) is 0 Å². The summed E-state index contributed by atoms with van der Waals surface area (Å²) in [6, 6.07) is 6.76. The van der Waals surface area contributed by atoms with Gasteiger partial charge < -0.3 is 16.3 Å². The Labute approximate surface area is 76.1 Å². The number of anilines is 1. The lowest BCUT2D eigenvalue weighted by Gasteiger charge is -2.13. The van der Waals surface area contributed by atoms with Crippen LogP contribution in [0.3, 0.4) is 0 Å². The van der Waals surface area contributed by atoms with E-state index in [0.717, 1.165) is 5.06 Å². The second kappa shape index (κ2) is 4.18. The molecule has 0 bridgehead atoms. The molecule has 1 aromatic rings. The second-order valence-corrected chi connectivity index (χ2v) is 2.32. The molecule has 0 fully saturated rings. The highest BCUT2D eigenvalue weighted by molar-refractivity contribution is 5.43. The van der Waals surface area contributed by atoms with Crippen LogP contribution in [-0.2, 0) is 0 Å². The zero-order valence-corrected chi connectivity index (χ0v) is 6.97. The summed E-state index contributed by atoms with van der Waals surface area (Å²) < 4.78 is 0. The van der Waals surface area contributed by atoms with Gasteiger partial charge in [-0.3, -0.25) is 0 Å². The van der Waals surface area contributed by atoms with Gasteiger partial charge >= 0.3 is 0 Å². The molecule has 68 valence electrons. The number of hydroxylamine groups is 2. The summed E-state index contributed by atoms with van der Waals surface area (Å²) >= 11 is 0. The molecule has 0 aliphatic heterocycles. The number of hydrogen-bond donors (Lipinski definition) is 2. The first-order chi connectivity index (χ1) is 6.26. The van der Waals surface area contributed by atoms with Gasteiger partial charge in [0.1, 0.15) is 6.67 Å². The van der Waals surface area contributed by atoms with E-state index >= 15 is 0 Å². The maximum atomic E-state index is 8.50. The average molecular weight is 178 g/mol. The zero-order valence-electron chi connectivity index (χ0n) is 6.97. The van der Waals surface area contributed by atoms with Crippen molar-refractivity contribution in [1.29, 1.82) is 5.26 Å². The minimum Gasteiger partial charge on any atom is -0.399 e. The van der Waals surface area contributed by atoms with Crippen LogP contribution in [0.15, 0.2) is 24.3 Å². The Bertz CT molecular complexity index is 320. The van der Waals surface area contributed by atoms with Crippen LogP contribution in [0.25, 0.3) is 0 Å². The van der Waals surface area contributed by atoms with Crippen LogP contribution in [-0.4, -0.2) is 11.7 Å². The Morgan fingerprint density at radius 3 is 2.85 bits per heavy atom. The summed E-state index contributed by atoms with van der Waals surface area (Å²) in [5.74, 6) is 0.493. The Morgan fingerprint density at radius 2 is 2.31 bits per heavy atom. The van der Waals surface area contributed by atoms with Crippen LogP contribution in [0.1, 0.15) is 0 Å². The maximum Gasteiger partial charge on any atom is 0.216 e. The van der Waals surface area contributed by atoms with Crippen molar-refractivity contribution >= 4 is 5.69 Å². The van der Waals surface area contributed by atoms with Crippen molar-refractivity contribution < 1.29 is 4.84 Å². The van der Waals surface area contributed by atoms with Crippen LogP contribution in [0.5, 0.6) is 5.75 Å². The molecular formula is C8H10N4O. The van der Waals surface area contributed by atoms with Gasteiger partial charge in [-0.25, -0.2) is 0 Å². The molecule has 0 aromatic heterocycles. The number of nitriles is 1. The van der Waals surface area contributed by atoms with Crippen LogP contribution < -0.4 is 16.3 Å². The molecule has 0 amide bonds. The summed E-state index contributed by atoms with van der Waals surface area (Å²) in [4.78, 5) is 5.06. The third kappa shape index (κ3) is 2.54. The molecule has 1 rings (SSSR count). The van der Waals surface area contributed by atoms with Gasteiger partial charge in [0.25, 0.3) is 0 Å². The molecule has 0 heterocycles. The third-order valence-corrected chi connectivity index (χ3v) is 1.35. The molecule has 0 spiro atoms. The highest BCUT2D eigenvalue weighted by atomic mass is 16.7. The fourth-order valence-corrected chi connectivity index (χ4v) is 0.797. The lowest BCUT2D eigenvalue weighted by Crippen LogP contribution is -2.28. The van der Waals surface area contributed by atoms with Crippen molar-refractivity contribution in [2.75, 3.05) is 12.4 Å². The number of rotatable bonds is 3. The lowest BCUT2D eigenvalue weighted by atomic mass is 10.3. The van der Waals surface area contributed by atoms with Crippen LogP contribution >= 0.6 is 0 Å². The minimum atomic E-state index is 0.00526. The molecule has 1 aromatic carbocycles. The SMILES string of the molecule is N#CN(CN)Oc1cccc(N)c1. The van der Waals surface area contributed by atoms with E-state index in [0.29, 0.717) is 11.4 Å². The summed E-state index contributed by atoms with van der Waals surface area (Å²) in [6.07, 6.45) is 1.76. The van der Waals surface area contributed by atoms with Crippen LogP contribution in [0.4, 0.5) is 5.69 Å². The van der Waals surface area contributed by atoms with Gasteiger partial charge in [-0.15, -0.1) is 5.06 Å². The molecule has 0 saturated carbocycles. The van der Waals surface area contributed by atoms with Crippen molar-refractivity contribution in [3.8, 4) is 11.9 Å². The predicted octanol–water partition coefficient (Wildman–Crippen LogP) is 0.262. The Balaban J connectivity index is 2.69. The number of benzene rings is 1. The summed E-state index contributed by atoms with van der Waals surface area (Å²) in [7, 11) is 0. The molecule has 0 aliphatic carbocycles. The minimum absolute atomic E-state index is 0.00526. The Hall–Kier alpha value is -1.93. The molecule has 0 saturated heterocycles. The monoisotopic (exact) mass is 178 g/mol. The first-order valence-corrected chi connectivity index (χ1v) is 3.67. The molecular weight excluding hydrogens is 168 g/mol. The van der Waals surface area contributed by atoms with Crippen molar-refractivity contribution in [2.45, 2.75) is 0 Å². The number of nitrogen functional groups attached to an aromatic ring is 1. The lowest BCUT2D eigenvalue weighted by molar-refractivity contribution is 0.00539. The molecule has 5 heteroatoms. The van der Waals surface area contributed by atoms with Crippen LogP contribution in [0.2, 0.25) is 0 Å². The molecule has 0 unspecified atom stereocenters. The normalized spacial score (nSPS) is 8.92. The van der Waals surface area contributed by atoms with E-state index in [9.17, 15) is 0 Å². The zero-order chi connectivity index (χ0) is 9.68. The van der Waals surface area contributed by atoms with E-state index in [2.05, 4.69) is 0 Å². The Morgan fingerprint density at radius 1 is 1.54 bits per heavy atom. The first-order valence-electron chi connectivity index (χ1n) is 3.67. The van der Waals surface area contributed by atoms with Crippen molar-refractivity contribution in [3.05, 3.63) is 24.3 Å². The smallest absolute Gasteiger partial charge is 0.216 e. The number of nitrogens with zero attached hydrogens (tertiary/aromatic N) is 2. The molecule has 13 heavy (non-hydrogen) atoms. The Kier molecular flexibility index (Phi) is 2.95. The highest BCUT2D eigenvalue weighted by Gasteiger charge is 2.00. The summed E-state index contributed by atoms with van der Waals surface area (Å²) in [5.41, 5.74) is 11.3. The predicted molar refractivity (Wildman–Crippen MR) is 48.0 cm³/mol. The van der Waals surface area contributed by atoms with E-state index in [1.165, 1.54) is 0 Å². The van der Waals surface area contributed by atoms with Gasteiger partial charge in [-0.1, -0.05) is 6.07 Å². The molecule has 0 atom stereocenters. The van der Waals surface area contributed by atoms with Gasteiger partial charge in [-0.05, 0) is 12.1 Å².